The SMILES string of the molecule is COc1ccc(S[C@H](C)C(=O)NCCSc2ccccc2)cc1. The van der Waals surface area contributed by atoms with E-state index in [-0.39, 0.29) is 11.2 Å². The number of rotatable bonds is 8. The molecular formula is C18H21NO2S2. The van der Waals surface area contributed by atoms with Crippen molar-refractivity contribution in [2.24, 2.45) is 0 Å². The summed E-state index contributed by atoms with van der Waals surface area (Å²) in [4.78, 5) is 14.4. The summed E-state index contributed by atoms with van der Waals surface area (Å²) in [7, 11) is 1.64. The smallest absolute Gasteiger partial charge is 0.233 e. The van der Waals surface area contributed by atoms with E-state index in [4.69, 9.17) is 4.74 Å². The van der Waals surface area contributed by atoms with Crippen LogP contribution in [0.4, 0.5) is 0 Å². The average molecular weight is 348 g/mol. The van der Waals surface area contributed by atoms with Gasteiger partial charge in [-0.3, -0.25) is 4.79 Å². The first-order chi connectivity index (χ1) is 11.2. The molecule has 0 aromatic heterocycles. The Bertz CT molecular complexity index is 602. The van der Waals surface area contributed by atoms with E-state index in [1.807, 2.05) is 49.4 Å². The summed E-state index contributed by atoms with van der Waals surface area (Å²) in [5, 5.41) is 2.87. The van der Waals surface area contributed by atoms with Crippen LogP contribution in [-0.4, -0.2) is 30.6 Å². The quantitative estimate of drug-likeness (QED) is 0.577. The van der Waals surface area contributed by atoms with E-state index in [2.05, 4.69) is 17.4 Å². The molecule has 2 rings (SSSR count). The molecule has 0 fully saturated rings. The standard InChI is InChI=1S/C18H21NO2S2/c1-14(23-17-10-8-15(21-2)9-11-17)18(20)19-12-13-22-16-6-4-3-5-7-16/h3-11,14H,12-13H2,1-2H3,(H,19,20)/t14-/m1/s1. The zero-order valence-electron chi connectivity index (χ0n) is 13.3. The number of hydrogen-bond donors (Lipinski definition) is 1. The van der Waals surface area contributed by atoms with Gasteiger partial charge < -0.3 is 10.1 Å². The predicted molar refractivity (Wildman–Crippen MR) is 98.5 cm³/mol. The number of ether oxygens (including phenoxy) is 1. The molecule has 1 atom stereocenters. The van der Waals surface area contributed by atoms with Gasteiger partial charge in [-0.1, -0.05) is 18.2 Å². The second-order valence-corrected chi connectivity index (χ2v) is 7.47. The Kier molecular flexibility index (Phi) is 7.36. The number of nitrogens with one attached hydrogen (secondary N) is 1. The zero-order valence-corrected chi connectivity index (χ0v) is 15.0. The van der Waals surface area contributed by atoms with Crippen LogP contribution in [0.1, 0.15) is 6.92 Å². The molecule has 2 aromatic rings. The minimum atomic E-state index is -0.120. The van der Waals surface area contributed by atoms with Gasteiger partial charge in [0.15, 0.2) is 0 Å². The number of methoxy groups -OCH3 is 1. The number of carbonyl (C=O) groups excluding carboxylic acids is 1. The Balaban J connectivity index is 1.69. The lowest BCUT2D eigenvalue weighted by atomic mass is 10.3. The highest BCUT2D eigenvalue weighted by Gasteiger charge is 2.13. The molecule has 0 saturated carbocycles. The fourth-order valence-corrected chi connectivity index (χ4v) is 3.60. The Morgan fingerprint density at radius 1 is 1.09 bits per heavy atom. The first kappa shape index (κ1) is 17.8. The first-order valence-electron chi connectivity index (χ1n) is 7.45. The van der Waals surface area contributed by atoms with Crippen LogP contribution in [0.15, 0.2) is 64.4 Å². The molecule has 1 amide bonds. The highest BCUT2D eigenvalue weighted by atomic mass is 32.2. The lowest BCUT2D eigenvalue weighted by Crippen LogP contribution is -2.32. The number of thioether (sulfide) groups is 2. The summed E-state index contributed by atoms with van der Waals surface area (Å²) in [6, 6.07) is 18.0. The topological polar surface area (TPSA) is 38.3 Å². The number of amides is 1. The second kappa shape index (κ2) is 9.53. The molecule has 5 heteroatoms. The lowest BCUT2D eigenvalue weighted by Gasteiger charge is -2.12. The Morgan fingerprint density at radius 3 is 2.43 bits per heavy atom. The van der Waals surface area contributed by atoms with Gasteiger partial charge in [-0.15, -0.1) is 23.5 Å². The predicted octanol–water partition coefficient (Wildman–Crippen LogP) is 4.08. The van der Waals surface area contributed by atoms with Crippen molar-refractivity contribution in [2.75, 3.05) is 19.4 Å². The molecular weight excluding hydrogens is 326 g/mol. The van der Waals surface area contributed by atoms with Gasteiger partial charge in [-0.25, -0.2) is 0 Å². The lowest BCUT2D eigenvalue weighted by molar-refractivity contribution is -0.120. The van der Waals surface area contributed by atoms with Crippen LogP contribution in [-0.2, 0) is 4.79 Å². The largest absolute Gasteiger partial charge is 0.497 e. The molecule has 0 saturated heterocycles. The van der Waals surface area contributed by atoms with E-state index in [9.17, 15) is 4.79 Å². The minimum Gasteiger partial charge on any atom is -0.497 e. The fourth-order valence-electron chi connectivity index (χ4n) is 1.92. The van der Waals surface area contributed by atoms with Crippen molar-refractivity contribution in [1.29, 1.82) is 0 Å². The number of hydrogen-bond acceptors (Lipinski definition) is 4. The minimum absolute atomic E-state index is 0.0690. The molecule has 2 aromatic carbocycles. The molecule has 0 unspecified atom stereocenters. The van der Waals surface area contributed by atoms with Gasteiger partial charge in [0.2, 0.25) is 5.91 Å². The van der Waals surface area contributed by atoms with Crippen molar-refractivity contribution in [3.8, 4) is 5.75 Å². The van der Waals surface area contributed by atoms with Gasteiger partial charge in [0, 0.05) is 22.1 Å². The third-order valence-corrected chi connectivity index (χ3v) is 5.28. The van der Waals surface area contributed by atoms with Crippen molar-refractivity contribution in [3.05, 3.63) is 54.6 Å². The molecule has 0 aliphatic heterocycles. The van der Waals surface area contributed by atoms with Gasteiger partial charge in [0.1, 0.15) is 5.75 Å². The fraction of sp³-hybridized carbons (Fsp3) is 0.278. The summed E-state index contributed by atoms with van der Waals surface area (Å²) < 4.78 is 5.13. The Morgan fingerprint density at radius 2 is 1.78 bits per heavy atom. The van der Waals surface area contributed by atoms with Crippen molar-refractivity contribution >= 4 is 29.4 Å². The molecule has 0 bridgehead atoms. The van der Waals surface area contributed by atoms with E-state index >= 15 is 0 Å². The zero-order chi connectivity index (χ0) is 16.5. The molecule has 23 heavy (non-hydrogen) atoms. The van der Waals surface area contributed by atoms with Crippen LogP contribution in [0.25, 0.3) is 0 Å². The highest BCUT2D eigenvalue weighted by molar-refractivity contribution is 8.00. The molecule has 0 heterocycles. The summed E-state index contributed by atoms with van der Waals surface area (Å²) in [6.45, 7) is 2.60. The van der Waals surface area contributed by atoms with E-state index in [1.54, 1.807) is 30.6 Å². The van der Waals surface area contributed by atoms with E-state index in [1.165, 1.54) is 4.90 Å². The molecule has 122 valence electrons. The average Bonchev–Trinajstić information content (AvgIpc) is 2.60. The normalized spacial score (nSPS) is 11.7. The second-order valence-electron chi connectivity index (χ2n) is 4.89. The van der Waals surface area contributed by atoms with Crippen LogP contribution in [0.2, 0.25) is 0 Å². The van der Waals surface area contributed by atoms with Gasteiger partial charge >= 0.3 is 0 Å². The van der Waals surface area contributed by atoms with Crippen LogP contribution in [0, 0.1) is 0 Å². The maximum atomic E-state index is 12.1. The molecule has 3 nitrogen and oxygen atoms in total. The van der Waals surface area contributed by atoms with Crippen LogP contribution < -0.4 is 10.1 Å². The summed E-state index contributed by atoms with van der Waals surface area (Å²) in [5.74, 6) is 1.76. The van der Waals surface area contributed by atoms with Gasteiger partial charge in [-0.05, 0) is 43.3 Å². The summed E-state index contributed by atoms with van der Waals surface area (Å²) >= 11 is 3.30. The van der Waals surface area contributed by atoms with E-state index in [0.717, 1.165) is 16.4 Å². The van der Waals surface area contributed by atoms with Crippen LogP contribution >= 0.6 is 23.5 Å². The van der Waals surface area contributed by atoms with Crippen molar-refractivity contribution in [1.82, 2.24) is 5.32 Å². The Labute approximate surface area is 146 Å². The van der Waals surface area contributed by atoms with Crippen LogP contribution in [0.5, 0.6) is 5.75 Å². The molecule has 0 radical (unpaired) electrons. The molecule has 1 N–H and O–H groups in total. The van der Waals surface area contributed by atoms with Crippen molar-refractivity contribution in [2.45, 2.75) is 22.0 Å². The Hall–Kier alpha value is -1.59. The molecule has 0 aliphatic carbocycles. The van der Waals surface area contributed by atoms with E-state index < -0.39 is 0 Å². The molecule has 0 aliphatic rings. The van der Waals surface area contributed by atoms with E-state index in [0.29, 0.717) is 6.54 Å². The van der Waals surface area contributed by atoms with Gasteiger partial charge in [-0.2, -0.15) is 0 Å². The third kappa shape index (κ3) is 6.20. The van der Waals surface area contributed by atoms with Crippen LogP contribution in [0.3, 0.4) is 0 Å². The highest BCUT2D eigenvalue weighted by Crippen LogP contribution is 2.25. The third-order valence-electron chi connectivity index (χ3n) is 3.15. The van der Waals surface area contributed by atoms with Gasteiger partial charge in [0.25, 0.3) is 0 Å². The van der Waals surface area contributed by atoms with Crippen molar-refractivity contribution in [3.63, 3.8) is 0 Å². The van der Waals surface area contributed by atoms with Crippen molar-refractivity contribution < 1.29 is 9.53 Å². The first-order valence-corrected chi connectivity index (χ1v) is 9.32. The summed E-state index contributed by atoms with van der Waals surface area (Å²) in [5.41, 5.74) is 0. The monoisotopic (exact) mass is 347 g/mol. The summed E-state index contributed by atoms with van der Waals surface area (Å²) in [6.07, 6.45) is 0. The maximum Gasteiger partial charge on any atom is 0.233 e. The van der Waals surface area contributed by atoms with Gasteiger partial charge in [0.05, 0.1) is 12.4 Å². The molecule has 0 spiro atoms. The number of carbonyl (C=O) groups is 1. The number of benzene rings is 2. The maximum absolute atomic E-state index is 12.1.